The Morgan fingerprint density at radius 2 is 2.29 bits per heavy atom. The minimum Gasteiger partial charge on any atom is -0.398 e. The Balaban J connectivity index is 1.75. The molecule has 0 fully saturated rings. The largest absolute Gasteiger partial charge is 0.398 e. The lowest BCUT2D eigenvalue weighted by Gasteiger charge is -2.07. The van der Waals surface area contributed by atoms with E-state index in [9.17, 15) is 4.79 Å². The lowest BCUT2D eigenvalue weighted by molar-refractivity contribution is 0.102. The average Bonchev–Trinajstić information content (AvgIpc) is 3.22. The molecule has 0 saturated heterocycles. The number of aromatic nitrogens is 2. The van der Waals surface area contributed by atoms with Crippen LogP contribution in [-0.2, 0) is 11.3 Å². The van der Waals surface area contributed by atoms with Gasteiger partial charge in [-0.3, -0.25) is 10.1 Å². The third-order valence-electron chi connectivity index (χ3n) is 2.95. The van der Waals surface area contributed by atoms with Gasteiger partial charge in [-0.05, 0) is 18.2 Å². The fraction of sp³-hybridized carbons (Fsp3) is 0.133. The number of nitrogens with one attached hydrogen (secondary N) is 1. The van der Waals surface area contributed by atoms with Crippen molar-refractivity contribution in [1.82, 2.24) is 9.97 Å². The fourth-order valence-electron chi connectivity index (χ4n) is 1.90. The highest BCUT2D eigenvalue weighted by Gasteiger charge is 2.14. The molecule has 1 amide bonds. The Labute approximate surface area is 151 Å². The summed E-state index contributed by atoms with van der Waals surface area (Å²) in [5.41, 5.74) is 7.56. The molecule has 124 valence electrons. The average molecular weight is 379 g/mol. The van der Waals surface area contributed by atoms with E-state index in [1.54, 1.807) is 36.8 Å². The lowest BCUT2D eigenvalue weighted by atomic mass is 10.1. The summed E-state index contributed by atoms with van der Waals surface area (Å²) < 4.78 is 5.93. The third kappa shape index (κ3) is 4.12. The normalized spacial score (nSPS) is 10.7. The summed E-state index contributed by atoms with van der Waals surface area (Å²) in [6.07, 6.45) is 1.75. The summed E-state index contributed by atoms with van der Waals surface area (Å²) in [7, 11) is 1.60. The topological polar surface area (TPSA) is 90.1 Å². The van der Waals surface area contributed by atoms with Gasteiger partial charge in [0.1, 0.15) is 0 Å². The minimum absolute atomic E-state index is 0.285. The number of nitrogens with zero attached hydrogens (tertiary/aromatic N) is 2. The van der Waals surface area contributed by atoms with E-state index < -0.39 is 0 Å². The van der Waals surface area contributed by atoms with Crippen molar-refractivity contribution in [3.05, 3.63) is 46.4 Å². The van der Waals surface area contributed by atoms with Crippen LogP contribution in [-0.4, -0.2) is 23.0 Å². The van der Waals surface area contributed by atoms with E-state index in [0.717, 1.165) is 14.9 Å². The number of nitrogens with two attached hydrogens (primary N) is 1. The van der Waals surface area contributed by atoms with Gasteiger partial charge in [-0.25, -0.2) is 9.97 Å². The number of rotatable bonds is 6. The second kappa shape index (κ2) is 7.75. The quantitative estimate of drug-likeness (QED) is 0.635. The number of hydrogen-bond acceptors (Lipinski definition) is 8. The van der Waals surface area contributed by atoms with Gasteiger partial charge in [-0.1, -0.05) is 11.8 Å². The Bertz CT molecular complexity index is 833. The number of anilines is 2. The van der Waals surface area contributed by atoms with Crippen molar-refractivity contribution in [2.75, 3.05) is 18.2 Å². The first kappa shape index (κ1) is 16.9. The van der Waals surface area contributed by atoms with Crippen LogP contribution in [0, 0.1) is 0 Å². The van der Waals surface area contributed by atoms with Crippen LogP contribution in [0.5, 0.6) is 0 Å². The summed E-state index contributed by atoms with van der Waals surface area (Å²) in [4.78, 5) is 21.9. The van der Waals surface area contributed by atoms with Gasteiger partial charge >= 0.3 is 0 Å². The fourth-order valence-corrected chi connectivity index (χ4v) is 4.23. The highest BCUT2D eigenvalue weighted by molar-refractivity contribution is 8.01. The van der Waals surface area contributed by atoms with Gasteiger partial charge < -0.3 is 10.5 Å². The molecule has 0 aliphatic carbocycles. The molecule has 0 bridgehead atoms. The summed E-state index contributed by atoms with van der Waals surface area (Å²) >= 11 is 4.39. The number of nitrogen functional groups attached to an aromatic ring is 1. The van der Waals surface area contributed by atoms with Crippen molar-refractivity contribution >= 4 is 51.2 Å². The molecule has 0 atom stereocenters. The first-order chi connectivity index (χ1) is 11.7. The molecular weight excluding hydrogens is 364 g/mol. The van der Waals surface area contributed by atoms with E-state index >= 15 is 0 Å². The molecule has 0 aliphatic heterocycles. The Morgan fingerprint density at radius 3 is 3.04 bits per heavy atom. The summed E-state index contributed by atoms with van der Waals surface area (Å²) in [5, 5.41) is 7.05. The third-order valence-corrected chi connectivity index (χ3v) is 5.63. The molecule has 9 heteroatoms. The molecule has 3 N–H and O–H groups in total. The summed E-state index contributed by atoms with van der Waals surface area (Å²) in [6.45, 7) is 0.411. The van der Waals surface area contributed by atoms with Gasteiger partial charge in [0.2, 0.25) is 0 Å². The molecule has 1 aromatic carbocycles. The predicted octanol–water partition coefficient (Wildman–Crippen LogP) is 3.73. The first-order valence-corrected chi connectivity index (χ1v) is 9.45. The molecule has 3 aromatic rings. The molecular formula is C15H14N4O2S3. The van der Waals surface area contributed by atoms with Crippen LogP contribution in [0.15, 0.2) is 44.4 Å². The number of hydrogen-bond donors (Lipinski definition) is 2. The van der Waals surface area contributed by atoms with E-state index in [4.69, 9.17) is 10.5 Å². The molecule has 0 spiro atoms. The number of methoxy groups -OCH3 is 1. The maximum Gasteiger partial charge on any atom is 0.259 e. The molecule has 2 aromatic heterocycles. The van der Waals surface area contributed by atoms with Crippen LogP contribution in [0.25, 0.3) is 0 Å². The van der Waals surface area contributed by atoms with E-state index in [-0.39, 0.29) is 5.91 Å². The zero-order valence-corrected chi connectivity index (χ0v) is 15.1. The molecule has 6 nitrogen and oxygen atoms in total. The van der Waals surface area contributed by atoms with Gasteiger partial charge in [0.25, 0.3) is 5.91 Å². The van der Waals surface area contributed by atoms with Gasteiger partial charge in [-0.2, -0.15) is 0 Å². The first-order valence-electron chi connectivity index (χ1n) is 6.87. The number of carbonyl (C=O) groups is 1. The number of carbonyl (C=O) groups excluding carboxylic acids is 1. The van der Waals surface area contributed by atoms with Crippen molar-refractivity contribution < 1.29 is 9.53 Å². The molecule has 0 unspecified atom stereocenters. The van der Waals surface area contributed by atoms with Gasteiger partial charge in [0.15, 0.2) is 9.47 Å². The Hall–Kier alpha value is -1.94. The van der Waals surface area contributed by atoms with E-state index in [1.165, 1.54) is 23.1 Å². The lowest BCUT2D eigenvalue weighted by Crippen LogP contribution is -2.14. The highest BCUT2D eigenvalue weighted by atomic mass is 32.2. The van der Waals surface area contributed by atoms with Crippen LogP contribution in [0.3, 0.4) is 0 Å². The zero-order valence-electron chi connectivity index (χ0n) is 12.7. The van der Waals surface area contributed by atoms with E-state index in [1.807, 2.05) is 16.8 Å². The van der Waals surface area contributed by atoms with Crippen LogP contribution in [0.4, 0.5) is 10.8 Å². The number of ether oxygens (including phenoxy) is 1. The summed E-state index contributed by atoms with van der Waals surface area (Å²) in [5.74, 6) is -0.285. The monoisotopic (exact) mass is 378 g/mol. The highest BCUT2D eigenvalue weighted by Crippen LogP contribution is 2.31. The molecule has 24 heavy (non-hydrogen) atoms. The van der Waals surface area contributed by atoms with Crippen LogP contribution < -0.4 is 11.1 Å². The maximum absolute atomic E-state index is 12.5. The van der Waals surface area contributed by atoms with E-state index in [0.29, 0.717) is 23.0 Å². The second-order valence-corrected chi connectivity index (χ2v) is 7.75. The van der Waals surface area contributed by atoms with Crippen molar-refractivity contribution in [3.63, 3.8) is 0 Å². The summed E-state index contributed by atoms with van der Waals surface area (Å²) in [6, 6.07) is 5.36. The van der Waals surface area contributed by atoms with Gasteiger partial charge in [-0.15, -0.1) is 22.7 Å². The molecule has 0 saturated carbocycles. The van der Waals surface area contributed by atoms with Crippen LogP contribution in [0.2, 0.25) is 0 Å². The molecule has 0 radical (unpaired) electrons. The van der Waals surface area contributed by atoms with Crippen molar-refractivity contribution in [3.8, 4) is 0 Å². The maximum atomic E-state index is 12.5. The van der Waals surface area contributed by atoms with Crippen molar-refractivity contribution in [1.29, 1.82) is 0 Å². The van der Waals surface area contributed by atoms with E-state index in [2.05, 4.69) is 15.3 Å². The zero-order chi connectivity index (χ0) is 16.9. The van der Waals surface area contributed by atoms with Crippen LogP contribution >= 0.6 is 34.4 Å². The second-order valence-electron chi connectivity index (χ2n) is 4.68. The van der Waals surface area contributed by atoms with Crippen molar-refractivity contribution in [2.45, 2.75) is 15.8 Å². The number of amides is 1. The van der Waals surface area contributed by atoms with Crippen LogP contribution in [0.1, 0.15) is 16.1 Å². The number of benzene rings is 1. The van der Waals surface area contributed by atoms with Gasteiger partial charge in [0.05, 0.1) is 17.9 Å². The standard InChI is InChI=1S/C15H14N4O2S3/c1-21-7-9-8-23-14(18-9)19-13(20)11-6-10(2-3-12(11)16)24-15-17-4-5-22-15/h2-6,8H,7,16H2,1H3,(H,18,19,20). The predicted molar refractivity (Wildman–Crippen MR) is 97.9 cm³/mol. The van der Waals surface area contributed by atoms with Crippen molar-refractivity contribution in [2.24, 2.45) is 0 Å². The Morgan fingerprint density at radius 1 is 1.42 bits per heavy atom. The minimum atomic E-state index is -0.285. The number of thiazole rings is 2. The molecule has 2 heterocycles. The molecule has 3 rings (SSSR count). The Kier molecular flexibility index (Phi) is 5.46. The molecule has 0 aliphatic rings. The smallest absolute Gasteiger partial charge is 0.259 e. The SMILES string of the molecule is COCc1csc(NC(=O)c2cc(Sc3nccs3)ccc2N)n1. The van der Waals surface area contributed by atoms with Gasteiger partial charge in [0, 0.05) is 34.6 Å².